The summed E-state index contributed by atoms with van der Waals surface area (Å²) in [6.07, 6.45) is 2.63. The second kappa shape index (κ2) is 10.3. The molecule has 1 aliphatic rings. The molecular formula is C19H29ClN8. The summed E-state index contributed by atoms with van der Waals surface area (Å²) in [6, 6.07) is 8.11. The van der Waals surface area contributed by atoms with E-state index in [0.717, 1.165) is 62.5 Å². The Morgan fingerprint density at radius 3 is 2.71 bits per heavy atom. The number of aliphatic imine (C=N–C) groups is 1. The minimum absolute atomic E-state index is 0.599. The van der Waals surface area contributed by atoms with Gasteiger partial charge in [-0.15, -0.1) is 0 Å². The van der Waals surface area contributed by atoms with Crippen molar-refractivity contribution in [1.82, 2.24) is 30.3 Å². The van der Waals surface area contributed by atoms with Gasteiger partial charge in [0, 0.05) is 57.5 Å². The van der Waals surface area contributed by atoms with Gasteiger partial charge in [0.25, 0.3) is 0 Å². The molecule has 1 fully saturated rings. The molecule has 2 N–H and O–H groups in total. The van der Waals surface area contributed by atoms with Crippen molar-refractivity contribution in [2.75, 3.05) is 51.2 Å². The maximum atomic E-state index is 6.11. The molecule has 0 atom stereocenters. The Balaban J connectivity index is 1.31. The van der Waals surface area contributed by atoms with Crippen LogP contribution in [-0.4, -0.2) is 71.9 Å². The number of hydrogen-bond donors (Lipinski definition) is 2. The summed E-state index contributed by atoms with van der Waals surface area (Å²) in [7, 11) is 3.66. The lowest BCUT2D eigenvalue weighted by molar-refractivity contribution is 0.255. The van der Waals surface area contributed by atoms with Gasteiger partial charge in [-0.05, 0) is 31.2 Å². The van der Waals surface area contributed by atoms with Gasteiger partial charge in [-0.2, -0.15) is 5.10 Å². The first-order valence-electron chi connectivity index (χ1n) is 9.66. The molecule has 1 aliphatic heterocycles. The summed E-state index contributed by atoms with van der Waals surface area (Å²) < 4.78 is 1.75. The quantitative estimate of drug-likeness (QED) is 0.412. The normalized spacial score (nSPS) is 15.7. The van der Waals surface area contributed by atoms with Crippen molar-refractivity contribution in [3.8, 4) is 0 Å². The van der Waals surface area contributed by atoms with Crippen LogP contribution >= 0.6 is 11.6 Å². The van der Waals surface area contributed by atoms with Crippen LogP contribution in [0.4, 0.5) is 5.69 Å². The first kappa shape index (κ1) is 20.4. The standard InChI is InChI=1S/C19H29ClN8/c1-21-19(23-14-18-24-15-25-26(18)2)22-7-4-8-27-9-11-28(12-10-27)17-6-3-5-16(20)13-17/h3,5-6,13,15H,4,7-12,14H2,1-2H3,(H2,21,22,23). The van der Waals surface area contributed by atoms with Crippen molar-refractivity contribution in [1.29, 1.82) is 0 Å². The van der Waals surface area contributed by atoms with Crippen LogP contribution < -0.4 is 15.5 Å². The van der Waals surface area contributed by atoms with Crippen molar-refractivity contribution in [2.24, 2.45) is 12.0 Å². The molecule has 0 amide bonds. The monoisotopic (exact) mass is 404 g/mol. The summed E-state index contributed by atoms with van der Waals surface area (Å²) in [5, 5.41) is 11.5. The zero-order valence-corrected chi connectivity index (χ0v) is 17.4. The fraction of sp³-hybridized carbons (Fsp3) is 0.526. The van der Waals surface area contributed by atoms with Gasteiger partial charge in [-0.25, -0.2) is 4.98 Å². The van der Waals surface area contributed by atoms with Gasteiger partial charge in [0.05, 0.1) is 6.54 Å². The van der Waals surface area contributed by atoms with Crippen molar-refractivity contribution in [3.63, 3.8) is 0 Å². The van der Waals surface area contributed by atoms with E-state index >= 15 is 0 Å². The SMILES string of the molecule is CN=C(NCCCN1CCN(c2cccc(Cl)c2)CC1)NCc1ncnn1C. The van der Waals surface area contributed by atoms with Crippen molar-refractivity contribution in [2.45, 2.75) is 13.0 Å². The number of benzene rings is 1. The largest absolute Gasteiger partial charge is 0.369 e. The highest BCUT2D eigenvalue weighted by atomic mass is 35.5. The van der Waals surface area contributed by atoms with Gasteiger partial charge >= 0.3 is 0 Å². The Morgan fingerprint density at radius 1 is 1.21 bits per heavy atom. The number of rotatable bonds is 7. The number of aryl methyl sites for hydroxylation is 1. The highest BCUT2D eigenvalue weighted by molar-refractivity contribution is 6.30. The minimum Gasteiger partial charge on any atom is -0.369 e. The number of aromatic nitrogens is 3. The van der Waals surface area contributed by atoms with Gasteiger partial charge in [0.1, 0.15) is 12.2 Å². The third kappa shape index (κ3) is 5.84. The van der Waals surface area contributed by atoms with E-state index in [1.165, 1.54) is 5.69 Å². The molecule has 1 aromatic carbocycles. The van der Waals surface area contributed by atoms with Crippen LogP contribution in [0.2, 0.25) is 5.02 Å². The molecule has 0 bridgehead atoms. The molecule has 28 heavy (non-hydrogen) atoms. The van der Waals surface area contributed by atoms with Crippen LogP contribution in [0.5, 0.6) is 0 Å². The summed E-state index contributed by atoms with van der Waals surface area (Å²) in [6.45, 7) is 6.78. The molecular weight excluding hydrogens is 376 g/mol. The summed E-state index contributed by atoms with van der Waals surface area (Å²) in [5.74, 6) is 1.66. The second-order valence-electron chi connectivity index (χ2n) is 6.81. The zero-order chi connectivity index (χ0) is 19.8. The zero-order valence-electron chi connectivity index (χ0n) is 16.6. The molecule has 0 spiro atoms. The molecule has 8 nitrogen and oxygen atoms in total. The summed E-state index contributed by atoms with van der Waals surface area (Å²) in [4.78, 5) is 13.4. The Labute approximate surface area is 171 Å². The maximum absolute atomic E-state index is 6.11. The second-order valence-corrected chi connectivity index (χ2v) is 7.25. The van der Waals surface area contributed by atoms with Crippen molar-refractivity contribution in [3.05, 3.63) is 41.4 Å². The molecule has 0 unspecified atom stereocenters. The Morgan fingerprint density at radius 2 is 2.04 bits per heavy atom. The number of nitrogens with zero attached hydrogens (tertiary/aromatic N) is 6. The molecule has 3 rings (SSSR count). The van der Waals surface area contributed by atoms with Crippen LogP contribution in [0, 0.1) is 0 Å². The molecule has 9 heteroatoms. The average molecular weight is 405 g/mol. The molecule has 0 saturated carbocycles. The van der Waals surface area contributed by atoms with Crippen LogP contribution in [-0.2, 0) is 13.6 Å². The van der Waals surface area contributed by atoms with Crippen LogP contribution in [0.1, 0.15) is 12.2 Å². The predicted molar refractivity (Wildman–Crippen MR) is 114 cm³/mol. The number of piperazine rings is 1. The Bertz CT molecular complexity index is 767. The molecule has 2 heterocycles. The van der Waals surface area contributed by atoms with E-state index < -0.39 is 0 Å². The lowest BCUT2D eigenvalue weighted by Crippen LogP contribution is -2.47. The fourth-order valence-corrected chi connectivity index (χ4v) is 3.46. The molecule has 2 aromatic rings. The van der Waals surface area contributed by atoms with Crippen LogP contribution in [0.25, 0.3) is 0 Å². The van der Waals surface area contributed by atoms with Gasteiger partial charge in [-0.3, -0.25) is 14.6 Å². The van der Waals surface area contributed by atoms with E-state index in [-0.39, 0.29) is 0 Å². The molecule has 0 radical (unpaired) electrons. The highest BCUT2D eigenvalue weighted by Crippen LogP contribution is 2.20. The van der Waals surface area contributed by atoms with E-state index in [1.807, 2.05) is 25.2 Å². The minimum atomic E-state index is 0.599. The fourth-order valence-electron chi connectivity index (χ4n) is 3.28. The van der Waals surface area contributed by atoms with Gasteiger partial charge in [0.15, 0.2) is 5.96 Å². The number of hydrogen-bond acceptors (Lipinski definition) is 5. The molecule has 1 saturated heterocycles. The van der Waals surface area contributed by atoms with E-state index in [2.05, 4.69) is 41.6 Å². The van der Waals surface area contributed by atoms with E-state index in [9.17, 15) is 0 Å². The summed E-state index contributed by atoms with van der Waals surface area (Å²) >= 11 is 6.11. The number of anilines is 1. The smallest absolute Gasteiger partial charge is 0.191 e. The van der Waals surface area contributed by atoms with Crippen LogP contribution in [0.3, 0.4) is 0 Å². The number of guanidine groups is 1. The van der Waals surface area contributed by atoms with E-state index in [0.29, 0.717) is 6.54 Å². The lowest BCUT2D eigenvalue weighted by atomic mass is 10.2. The van der Waals surface area contributed by atoms with Crippen molar-refractivity contribution >= 4 is 23.2 Å². The van der Waals surface area contributed by atoms with E-state index in [4.69, 9.17) is 11.6 Å². The number of nitrogens with one attached hydrogen (secondary N) is 2. The Hall–Kier alpha value is -2.32. The average Bonchev–Trinajstić information content (AvgIpc) is 3.13. The van der Waals surface area contributed by atoms with Gasteiger partial charge in [0.2, 0.25) is 0 Å². The molecule has 152 valence electrons. The lowest BCUT2D eigenvalue weighted by Gasteiger charge is -2.36. The predicted octanol–water partition coefficient (Wildman–Crippen LogP) is 1.35. The van der Waals surface area contributed by atoms with Crippen LogP contribution in [0.15, 0.2) is 35.6 Å². The maximum Gasteiger partial charge on any atom is 0.191 e. The first-order chi connectivity index (χ1) is 13.7. The molecule has 1 aromatic heterocycles. The molecule has 0 aliphatic carbocycles. The first-order valence-corrected chi connectivity index (χ1v) is 10.0. The van der Waals surface area contributed by atoms with Gasteiger partial charge < -0.3 is 15.5 Å². The number of halogens is 1. The topological polar surface area (TPSA) is 73.6 Å². The van der Waals surface area contributed by atoms with E-state index in [1.54, 1.807) is 18.1 Å². The third-order valence-corrected chi connectivity index (χ3v) is 5.17. The summed E-state index contributed by atoms with van der Waals surface area (Å²) in [5.41, 5.74) is 1.21. The Kier molecular flexibility index (Phi) is 7.50. The van der Waals surface area contributed by atoms with Crippen molar-refractivity contribution < 1.29 is 0 Å². The third-order valence-electron chi connectivity index (χ3n) is 4.93. The van der Waals surface area contributed by atoms with Gasteiger partial charge in [-0.1, -0.05) is 17.7 Å². The highest BCUT2D eigenvalue weighted by Gasteiger charge is 2.16.